The van der Waals surface area contributed by atoms with Crippen molar-refractivity contribution in [3.63, 3.8) is 0 Å². The van der Waals surface area contributed by atoms with E-state index in [1.165, 1.54) is 19.3 Å². The van der Waals surface area contributed by atoms with Gasteiger partial charge in [0.15, 0.2) is 9.84 Å². The Balaban J connectivity index is 2.01. The van der Waals surface area contributed by atoms with Gasteiger partial charge >= 0.3 is 0 Å². The van der Waals surface area contributed by atoms with Crippen molar-refractivity contribution in [3.8, 4) is 0 Å². The minimum atomic E-state index is -2.90. The number of sulfone groups is 1. The fourth-order valence-electron chi connectivity index (χ4n) is 3.65. The van der Waals surface area contributed by atoms with Crippen LogP contribution in [0, 0.1) is 5.92 Å². The first-order chi connectivity index (χ1) is 8.63. The lowest BCUT2D eigenvalue weighted by Crippen LogP contribution is -2.47. The summed E-state index contributed by atoms with van der Waals surface area (Å²) in [6.07, 6.45) is 8.84. The first-order valence-corrected chi connectivity index (χ1v) is 9.30. The van der Waals surface area contributed by atoms with E-state index in [1.54, 1.807) is 0 Å². The van der Waals surface area contributed by atoms with Crippen LogP contribution in [0.25, 0.3) is 0 Å². The fourth-order valence-corrected chi connectivity index (χ4v) is 6.15. The Hall–Kier alpha value is -0.0900. The molecule has 106 valence electrons. The van der Waals surface area contributed by atoms with Crippen molar-refractivity contribution in [3.05, 3.63) is 0 Å². The summed E-state index contributed by atoms with van der Waals surface area (Å²) in [5.41, 5.74) is 0. The van der Waals surface area contributed by atoms with E-state index >= 15 is 0 Å². The van der Waals surface area contributed by atoms with E-state index in [4.69, 9.17) is 0 Å². The average Bonchev–Trinajstić information content (AvgIpc) is 2.82. The molecule has 4 heteroatoms. The van der Waals surface area contributed by atoms with Crippen molar-refractivity contribution in [2.45, 2.75) is 69.6 Å². The molecule has 0 heterocycles. The number of rotatable bonds is 5. The lowest BCUT2D eigenvalue weighted by molar-refractivity contribution is 0.375. The van der Waals surface area contributed by atoms with E-state index in [1.807, 2.05) is 0 Å². The lowest BCUT2D eigenvalue weighted by atomic mass is 9.95. The molecule has 0 amide bonds. The number of hydrogen-bond acceptors (Lipinski definition) is 3. The van der Waals surface area contributed by atoms with E-state index in [9.17, 15) is 8.42 Å². The van der Waals surface area contributed by atoms with E-state index in [0.717, 1.165) is 38.6 Å². The van der Waals surface area contributed by atoms with Gasteiger partial charge in [-0.3, -0.25) is 0 Å². The highest BCUT2D eigenvalue weighted by molar-refractivity contribution is 7.92. The molecule has 0 bridgehead atoms. The molecule has 0 radical (unpaired) electrons. The van der Waals surface area contributed by atoms with Gasteiger partial charge in [0.25, 0.3) is 0 Å². The third-order valence-corrected chi connectivity index (χ3v) is 7.00. The molecule has 2 atom stereocenters. The molecule has 0 aliphatic heterocycles. The van der Waals surface area contributed by atoms with Gasteiger partial charge in [0.1, 0.15) is 0 Å². The molecular weight excluding hydrogens is 246 g/mol. The Bertz CT molecular complexity index is 345. The van der Waals surface area contributed by atoms with Gasteiger partial charge in [-0.15, -0.1) is 0 Å². The van der Waals surface area contributed by atoms with Crippen LogP contribution in [0.3, 0.4) is 0 Å². The Morgan fingerprint density at radius 2 is 1.61 bits per heavy atom. The zero-order valence-electron chi connectivity index (χ0n) is 11.5. The van der Waals surface area contributed by atoms with Gasteiger partial charge in [-0.25, -0.2) is 8.42 Å². The highest BCUT2D eigenvalue weighted by Gasteiger charge is 2.36. The molecule has 2 aliphatic carbocycles. The quantitative estimate of drug-likeness (QED) is 0.837. The summed E-state index contributed by atoms with van der Waals surface area (Å²) >= 11 is 0. The summed E-state index contributed by atoms with van der Waals surface area (Å²) in [6.45, 7) is 2.94. The van der Waals surface area contributed by atoms with Gasteiger partial charge in [0.05, 0.1) is 11.0 Å². The van der Waals surface area contributed by atoms with Gasteiger partial charge in [-0.1, -0.05) is 32.6 Å². The monoisotopic (exact) mass is 273 g/mol. The molecule has 3 nitrogen and oxygen atoms in total. The molecule has 0 aromatic heterocycles. The van der Waals surface area contributed by atoms with Crippen LogP contribution in [-0.4, -0.2) is 32.0 Å². The Morgan fingerprint density at radius 1 is 1.00 bits per heavy atom. The molecule has 0 spiro atoms. The maximum atomic E-state index is 12.6. The number of nitrogens with one attached hydrogen (secondary N) is 1. The Morgan fingerprint density at radius 3 is 2.28 bits per heavy atom. The van der Waals surface area contributed by atoms with Gasteiger partial charge < -0.3 is 5.32 Å². The molecular formula is C14H27NO2S. The van der Waals surface area contributed by atoms with Crippen LogP contribution in [0.5, 0.6) is 0 Å². The lowest BCUT2D eigenvalue weighted by Gasteiger charge is -2.32. The molecule has 1 N–H and O–H groups in total. The summed E-state index contributed by atoms with van der Waals surface area (Å²) in [4.78, 5) is 0. The SMILES string of the molecule is CCNC1CCCCC1S(=O)(=O)CC1CCCC1. The maximum Gasteiger partial charge on any atom is 0.154 e. The largest absolute Gasteiger partial charge is 0.313 e. The summed E-state index contributed by atoms with van der Waals surface area (Å²) in [6, 6.07) is 0.204. The summed E-state index contributed by atoms with van der Waals surface area (Å²) in [7, 11) is -2.90. The molecule has 0 aromatic carbocycles. The smallest absolute Gasteiger partial charge is 0.154 e. The molecule has 2 fully saturated rings. The molecule has 2 rings (SSSR count). The van der Waals surface area contributed by atoms with Crippen molar-refractivity contribution in [2.75, 3.05) is 12.3 Å². The highest BCUT2D eigenvalue weighted by atomic mass is 32.2. The Kier molecular flexibility index (Phi) is 5.07. The van der Waals surface area contributed by atoms with Crippen LogP contribution in [0.2, 0.25) is 0 Å². The molecule has 0 aromatic rings. The third kappa shape index (κ3) is 3.47. The van der Waals surface area contributed by atoms with Crippen molar-refractivity contribution < 1.29 is 8.42 Å². The third-order valence-electron chi connectivity index (χ3n) is 4.57. The fraction of sp³-hybridized carbons (Fsp3) is 1.00. The van der Waals surface area contributed by atoms with Crippen molar-refractivity contribution in [1.29, 1.82) is 0 Å². The first kappa shape index (κ1) is 14.3. The predicted octanol–water partition coefficient (Wildman–Crippen LogP) is 2.51. The highest BCUT2D eigenvalue weighted by Crippen LogP contribution is 2.31. The Labute approximate surface area is 112 Å². The molecule has 2 aliphatic rings. The second kappa shape index (κ2) is 6.38. The standard InChI is InChI=1S/C14H27NO2S/c1-2-15-13-9-5-6-10-14(13)18(16,17)11-12-7-3-4-8-12/h12-15H,2-11H2,1H3. The van der Waals surface area contributed by atoms with Crippen molar-refractivity contribution >= 4 is 9.84 Å². The van der Waals surface area contributed by atoms with Gasteiger partial charge in [-0.2, -0.15) is 0 Å². The van der Waals surface area contributed by atoms with Crippen LogP contribution in [0.1, 0.15) is 58.3 Å². The van der Waals surface area contributed by atoms with E-state index < -0.39 is 9.84 Å². The second-order valence-corrected chi connectivity index (χ2v) is 8.23. The molecule has 2 saturated carbocycles. The van der Waals surface area contributed by atoms with Crippen LogP contribution >= 0.6 is 0 Å². The maximum absolute atomic E-state index is 12.6. The van der Waals surface area contributed by atoms with Gasteiger partial charge in [0.2, 0.25) is 0 Å². The molecule has 2 unspecified atom stereocenters. The summed E-state index contributed by atoms with van der Waals surface area (Å²) in [5.74, 6) is 0.888. The zero-order chi connectivity index (χ0) is 13.0. The first-order valence-electron chi connectivity index (χ1n) is 7.58. The van der Waals surface area contributed by atoms with Crippen LogP contribution in [-0.2, 0) is 9.84 Å². The van der Waals surface area contributed by atoms with Crippen LogP contribution in [0.4, 0.5) is 0 Å². The van der Waals surface area contributed by atoms with Gasteiger partial charge in [0, 0.05) is 6.04 Å². The number of hydrogen-bond donors (Lipinski definition) is 1. The second-order valence-electron chi connectivity index (χ2n) is 5.97. The van der Waals surface area contributed by atoms with E-state index in [2.05, 4.69) is 12.2 Å². The average molecular weight is 273 g/mol. The minimum Gasteiger partial charge on any atom is -0.313 e. The van der Waals surface area contributed by atoms with Crippen LogP contribution in [0.15, 0.2) is 0 Å². The summed E-state index contributed by atoms with van der Waals surface area (Å²) in [5, 5.41) is 3.27. The minimum absolute atomic E-state index is 0.119. The van der Waals surface area contributed by atoms with Crippen molar-refractivity contribution in [1.82, 2.24) is 5.32 Å². The normalized spacial score (nSPS) is 30.7. The summed E-state index contributed by atoms with van der Waals surface area (Å²) < 4.78 is 25.2. The van der Waals surface area contributed by atoms with E-state index in [0.29, 0.717) is 11.7 Å². The predicted molar refractivity (Wildman–Crippen MR) is 75.5 cm³/mol. The van der Waals surface area contributed by atoms with E-state index in [-0.39, 0.29) is 11.3 Å². The molecule has 0 saturated heterocycles. The van der Waals surface area contributed by atoms with Crippen molar-refractivity contribution in [2.24, 2.45) is 5.92 Å². The topological polar surface area (TPSA) is 46.2 Å². The van der Waals surface area contributed by atoms with Gasteiger partial charge in [-0.05, 0) is 38.1 Å². The van der Waals surface area contributed by atoms with Crippen LogP contribution < -0.4 is 5.32 Å². The zero-order valence-corrected chi connectivity index (χ0v) is 12.3. The molecule has 18 heavy (non-hydrogen) atoms.